The fraction of sp³-hybridized carbons (Fsp3) is 0.136. The Morgan fingerprint density at radius 1 is 1.03 bits per heavy atom. The molecular formula is C22H19BrI2N2O2. The molecule has 7 heteroatoms. The predicted octanol–water partition coefficient (Wildman–Crippen LogP) is 6.37. The van der Waals surface area contributed by atoms with Gasteiger partial charge in [-0.3, -0.25) is 0 Å². The van der Waals surface area contributed by atoms with Crippen LogP contribution in [0.3, 0.4) is 0 Å². The Bertz CT molecular complexity index is 971. The van der Waals surface area contributed by atoms with Gasteiger partial charge in [-0.2, -0.15) is 5.10 Å². The van der Waals surface area contributed by atoms with Crippen molar-refractivity contribution in [1.82, 2.24) is 5.43 Å². The van der Waals surface area contributed by atoms with Gasteiger partial charge < -0.3 is 14.9 Å². The Balaban J connectivity index is 1.61. The molecule has 150 valence electrons. The van der Waals surface area contributed by atoms with Gasteiger partial charge in [-0.1, -0.05) is 46.3 Å². The van der Waals surface area contributed by atoms with E-state index in [0.717, 1.165) is 39.8 Å². The van der Waals surface area contributed by atoms with Crippen LogP contribution < -0.4 is 14.9 Å². The van der Waals surface area contributed by atoms with Crippen LogP contribution in [0.2, 0.25) is 0 Å². The van der Waals surface area contributed by atoms with Crippen LogP contribution in [-0.4, -0.2) is 13.3 Å². The van der Waals surface area contributed by atoms with Crippen LogP contribution in [0.1, 0.15) is 16.7 Å². The molecule has 0 spiro atoms. The zero-order valence-corrected chi connectivity index (χ0v) is 21.6. The summed E-state index contributed by atoms with van der Waals surface area (Å²) < 4.78 is 14.6. The van der Waals surface area contributed by atoms with Crippen molar-refractivity contribution in [2.75, 3.05) is 7.11 Å². The van der Waals surface area contributed by atoms with Gasteiger partial charge >= 0.3 is 0 Å². The molecule has 0 bridgehead atoms. The van der Waals surface area contributed by atoms with E-state index in [9.17, 15) is 0 Å². The van der Waals surface area contributed by atoms with Gasteiger partial charge in [-0.15, -0.1) is 0 Å². The van der Waals surface area contributed by atoms with E-state index in [0.29, 0.717) is 13.2 Å². The Kier molecular flexibility index (Phi) is 8.61. The number of methoxy groups -OCH3 is 1. The molecule has 3 rings (SSSR count). The molecule has 0 heterocycles. The van der Waals surface area contributed by atoms with E-state index < -0.39 is 0 Å². The van der Waals surface area contributed by atoms with Crippen molar-refractivity contribution in [1.29, 1.82) is 0 Å². The number of para-hydroxylation sites is 1. The third-order valence-electron chi connectivity index (χ3n) is 4.08. The molecule has 0 aliphatic rings. The van der Waals surface area contributed by atoms with E-state index in [4.69, 9.17) is 9.47 Å². The zero-order valence-electron chi connectivity index (χ0n) is 15.7. The van der Waals surface area contributed by atoms with E-state index in [1.54, 1.807) is 7.11 Å². The van der Waals surface area contributed by atoms with Gasteiger partial charge in [0.25, 0.3) is 0 Å². The summed E-state index contributed by atoms with van der Waals surface area (Å²) in [6.45, 7) is 1.14. The minimum atomic E-state index is 0.535. The molecular weight excluding hydrogens is 658 g/mol. The quantitative estimate of drug-likeness (QED) is 0.171. The van der Waals surface area contributed by atoms with Crippen molar-refractivity contribution in [3.05, 3.63) is 89.0 Å². The first-order chi connectivity index (χ1) is 14.1. The van der Waals surface area contributed by atoms with Crippen LogP contribution in [0.15, 0.2) is 70.2 Å². The second-order valence-corrected chi connectivity index (χ2v) is 9.37. The lowest BCUT2D eigenvalue weighted by Gasteiger charge is -2.11. The number of nitrogens with zero attached hydrogens (tertiary/aromatic N) is 1. The number of hydrazone groups is 1. The monoisotopic (exact) mass is 676 g/mol. The molecule has 29 heavy (non-hydrogen) atoms. The van der Waals surface area contributed by atoms with Crippen LogP contribution in [0.25, 0.3) is 0 Å². The number of ether oxygens (including phenoxy) is 2. The van der Waals surface area contributed by atoms with Crippen molar-refractivity contribution in [3.63, 3.8) is 0 Å². The Morgan fingerprint density at radius 3 is 2.41 bits per heavy atom. The summed E-state index contributed by atoms with van der Waals surface area (Å²) in [4.78, 5) is 0. The van der Waals surface area contributed by atoms with Gasteiger partial charge in [-0.05, 0) is 86.6 Å². The third kappa shape index (κ3) is 6.58. The Morgan fingerprint density at radius 2 is 1.72 bits per heavy atom. The summed E-state index contributed by atoms with van der Waals surface area (Å²) in [5.74, 6) is 1.75. The van der Waals surface area contributed by atoms with Crippen molar-refractivity contribution < 1.29 is 9.47 Å². The number of hydrogen-bond donors (Lipinski definition) is 1. The lowest BCUT2D eigenvalue weighted by atomic mass is 10.2. The molecule has 0 saturated carbocycles. The maximum Gasteiger partial charge on any atom is 0.146 e. The Labute approximate surface area is 206 Å². The average Bonchev–Trinajstić information content (AvgIpc) is 2.72. The van der Waals surface area contributed by atoms with Gasteiger partial charge in [0.05, 0.1) is 27.0 Å². The summed E-state index contributed by atoms with van der Waals surface area (Å²) >= 11 is 8.06. The van der Waals surface area contributed by atoms with Crippen molar-refractivity contribution in [2.24, 2.45) is 5.10 Å². The fourth-order valence-electron chi connectivity index (χ4n) is 2.63. The molecule has 0 aromatic heterocycles. The largest absolute Gasteiger partial charge is 0.496 e. The van der Waals surface area contributed by atoms with Crippen LogP contribution in [-0.2, 0) is 13.2 Å². The van der Waals surface area contributed by atoms with Crippen molar-refractivity contribution >= 4 is 67.3 Å². The van der Waals surface area contributed by atoms with E-state index >= 15 is 0 Å². The molecule has 3 aromatic rings. The van der Waals surface area contributed by atoms with Gasteiger partial charge in [-0.25, -0.2) is 0 Å². The van der Waals surface area contributed by atoms with E-state index in [2.05, 4.69) is 95.9 Å². The topological polar surface area (TPSA) is 42.8 Å². The normalized spacial score (nSPS) is 10.9. The summed E-state index contributed by atoms with van der Waals surface area (Å²) in [5, 5.41) is 4.34. The van der Waals surface area contributed by atoms with Crippen LogP contribution in [0, 0.1) is 7.14 Å². The van der Waals surface area contributed by atoms with Crippen molar-refractivity contribution in [3.8, 4) is 11.5 Å². The molecule has 1 N–H and O–H groups in total. The summed E-state index contributed by atoms with van der Waals surface area (Å²) in [5.41, 5.74) is 6.29. The second-order valence-electron chi connectivity index (χ2n) is 6.13. The highest BCUT2D eigenvalue weighted by molar-refractivity contribution is 14.1. The fourth-order valence-corrected chi connectivity index (χ4v) is 5.02. The lowest BCUT2D eigenvalue weighted by Crippen LogP contribution is -2.07. The van der Waals surface area contributed by atoms with E-state index in [1.807, 2.05) is 42.6 Å². The highest BCUT2D eigenvalue weighted by Crippen LogP contribution is 2.29. The lowest BCUT2D eigenvalue weighted by molar-refractivity contribution is 0.301. The SMILES string of the molecule is COc1ccccc1CN/N=C/c1cc(I)c(OCc2ccc(Br)cc2)c(I)c1. The second kappa shape index (κ2) is 11.2. The van der Waals surface area contributed by atoms with Gasteiger partial charge in [0.1, 0.15) is 18.1 Å². The summed E-state index contributed by atoms with van der Waals surface area (Å²) in [7, 11) is 1.67. The standard InChI is InChI=1S/C22H19BrI2N2O2/c1-28-21-5-3-2-4-17(21)13-27-26-12-16-10-19(24)22(20(25)11-16)29-14-15-6-8-18(23)9-7-15/h2-12,27H,13-14H2,1H3/b26-12+. The van der Waals surface area contributed by atoms with E-state index in [-0.39, 0.29) is 0 Å². The molecule has 0 atom stereocenters. The highest BCUT2D eigenvalue weighted by atomic mass is 127. The molecule has 0 aliphatic carbocycles. The number of hydrogen-bond acceptors (Lipinski definition) is 4. The molecule has 0 amide bonds. The average molecular weight is 677 g/mol. The summed E-state index contributed by atoms with van der Waals surface area (Å²) in [6.07, 6.45) is 1.82. The minimum absolute atomic E-state index is 0.535. The molecule has 3 aromatic carbocycles. The molecule has 0 unspecified atom stereocenters. The molecule has 0 fully saturated rings. The van der Waals surface area contributed by atoms with Gasteiger partial charge in [0, 0.05) is 10.0 Å². The smallest absolute Gasteiger partial charge is 0.146 e. The first-order valence-electron chi connectivity index (χ1n) is 8.81. The molecule has 4 nitrogen and oxygen atoms in total. The number of nitrogens with one attached hydrogen (secondary N) is 1. The maximum atomic E-state index is 6.05. The first-order valence-corrected chi connectivity index (χ1v) is 11.8. The zero-order chi connectivity index (χ0) is 20.6. The highest BCUT2D eigenvalue weighted by Gasteiger charge is 2.09. The Hall–Kier alpha value is -1.33. The maximum absolute atomic E-state index is 6.05. The summed E-state index contributed by atoms with van der Waals surface area (Å²) in [6, 6.07) is 20.2. The van der Waals surface area contributed by atoms with Crippen LogP contribution >= 0.6 is 61.1 Å². The van der Waals surface area contributed by atoms with Crippen molar-refractivity contribution in [2.45, 2.75) is 13.2 Å². The molecule has 0 saturated heterocycles. The number of halogens is 3. The third-order valence-corrected chi connectivity index (χ3v) is 6.22. The van der Waals surface area contributed by atoms with Crippen LogP contribution in [0.4, 0.5) is 0 Å². The number of benzene rings is 3. The first kappa shape index (κ1) is 22.4. The molecule has 0 aliphatic heterocycles. The minimum Gasteiger partial charge on any atom is -0.496 e. The molecule has 0 radical (unpaired) electrons. The van der Waals surface area contributed by atoms with Gasteiger partial charge in [0.2, 0.25) is 0 Å². The van der Waals surface area contributed by atoms with Crippen LogP contribution in [0.5, 0.6) is 11.5 Å². The number of rotatable bonds is 8. The van der Waals surface area contributed by atoms with Gasteiger partial charge in [0.15, 0.2) is 0 Å². The predicted molar refractivity (Wildman–Crippen MR) is 138 cm³/mol. The van der Waals surface area contributed by atoms with E-state index in [1.165, 1.54) is 0 Å².